The van der Waals surface area contributed by atoms with Crippen molar-refractivity contribution in [3.05, 3.63) is 82.1 Å². The van der Waals surface area contributed by atoms with Gasteiger partial charge in [0.2, 0.25) is 5.91 Å². The number of aromatic nitrogens is 3. The molecule has 10 heteroatoms. The van der Waals surface area contributed by atoms with Crippen molar-refractivity contribution in [1.82, 2.24) is 14.6 Å². The zero-order valence-electron chi connectivity index (χ0n) is 15.7. The molecule has 0 aliphatic rings. The van der Waals surface area contributed by atoms with Crippen LogP contribution in [0.15, 0.2) is 75.6 Å². The van der Waals surface area contributed by atoms with Gasteiger partial charge in [0.15, 0.2) is 0 Å². The summed E-state index contributed by atoms with van der Waals surface area (Å²) < 4.78 is 14.6. The van der Waals surface area contributed by atoms with E-state index >= 15 is 0 Å². The van der Waals surface area contributed by atoms with Gasteiger partial charge in [-0.15, -0.1) is 11.6 Å². The highest BCUT2D eigenvalue weighted by molar-refractivity contribution is 7.99. The average Bonchev–Trinajstić information content (AvgIpc) is 2.76. The molecule has 0 radical (unpaired) electrons. The van der Waals surface area contributed by atoms with Gasteiger partial charge in [0.1, 0.15) is 23.1 Å². The number of nitrogens with one attached hydrogen (secondary N) is 1. The number of anilines is 1. The number of fused-ring (bicyclic) bond motifs is 1. The number of hydrogen-bond donors (Lipinski definition) is 1. The second kappa shape index (κ2) is 9.05. The molecule has 0 unspecified atom stereocenters. The second-order valence-electron chi connectivity index (χ2n) is 6.36. The van der Waals surface area contributed by atoms with Crippen molar-refractivity contribution in [3.63, 3.8) is 0 Å². The first-order valence-electron chi connectivity index (χ1n) is 8.92. The predicted molar refractivity (Wildman–Crippen MR) is 120 cm³/mol. The summed E-state index contributed by atoms with van der Waals surface area (Å²) in [7, 11) is 0. The Morgan fingerprint density at radius 2 is 1.90 bits per heavy atom. The van der Waals surface area contributed by atoms with E-state index < -0.39 is 5.56 Å². The van der Waals surface area contributed by atoms with E-state index in [-0.39, 0.29) is 28.2 Å². The van der Waals surface area contributed by atoms with Gasteiger partial charge in [-0.2, -0.15) is 10.1 Å². The summed E-state index contributed by atoms with van der Waals surface area (Å²) in [6.07, 6.45) is 1.33. The van der Waals surface area contributed by atoms with Crippen molar-refractivity contribution in [2.24, 2.45) is 0 Å². The number of benzene rings is 2. The minimum Gasteiger partial charge on any atom is -0.325 e. The monoisotopic (exact) mass is 474 g/mol. The zero-order valence-corrected chi connectivity index (χ0v) is 18.0. The normalized spacial score (nSPS) is 10.9. The lowest BCUT2D eigenvalue weighted by Crippen LogP contribution is -2.14. The number of carbonyl (C=O) groups excluding carboxylic acids is 1. The van der Waals surface area contributed by atoms with Gasteiger partial charge >= 0.3 is 0 Å². The standard InChI is InChI=1S/C21H13Cl2FN4O2S/c22-10-18(29)26-13-3-6-15(16(23)9-13)20-17-7-8-19(27-28(17)11-25-21(20)30)31-14-4-1-12(24)2-5-14/h1-9,11H,10H2,(H,26,29). The van der Waals surface area contributed by atoms with E-state index in [4.69, 9.17) is 23.2 Å². The van der Waals surface area contributed by atoms with Crippen molar-refractivity contribution in [1.29, 1.82) is 0 Å². The molecule has 2 aromatic carbocycles. The quantitative estimate of drug-likeness (QED) is 0.417. The van der Waals surface area contributed by atoms with Gasteiger partial charge in [0, 0.05) is 16.1 Å². The van der Waals surface area contributed by atoms with E-state index in [1.54, 1.807) is 36.4 Å². The summed E-state index contributed by atoms with van der Waals surface area (Å²) in [5, 5.41) is 8.00. The Bertz CT molecular complexity index is 1350. The van der Waals surface area contributed by atoms with Crippen LogP contribution in [0.5, 0.6) is 0 Å². The molecule has 2 heterocycles. The van der Waals surface area contributed by atoms with Crippen LogP contribution in [0, 0.1) is 5.82 Å². The number of nitrogens with zero attached hydrogens (tertiary/aromatic N) is 3. The topological polar surface area (TPSA) is 76.4 Å². The predicted octanol–water partition coefficient (Wildman–Crippen LogP) is 4.88. The largest absolute Gasteiger partial charge is 0.325 e. The summed E-state index contributed by atoms with van der Waals surface area (Å²) in [5.41, 5.74) is 1.27. The molecule has 31 heavy (non-hydrogen) atoms. The zero-order chi connectivity index (χ0) is 22.0. The Labute approximate surface area is 190 Å². The van der Waals surface area contributed by atoms with Crippen LogP contribution in [0.2, 0.25) is 5.02 Å². The lowest BCUT2D eigenvalue weighted by Gasteiger charge is -2.11. The van der Waals surface area contributed by atoms with Crippen molar-refractivity contribution < 1.29 is 9.18 Å². The maximum absolute atomic E-state index is 13.1. The van der Waals surface area contributed by atoms with Gasteiger partial charge in [0.25, 0.3) is 5.56 Å². The fourth-order valence-corrected chi connectivity index (χ4v) is 4.03. The Balaban J connectivity index is 1.73. The highest BCUT2D eigenvalue weighted by Gasteiger charge is 2.15. The molecule has 6 nitrogen and oxygen atoms in total. The van der Waals surface area contributed by atoms with Crippen LogP contribution in [0.1, 0.15) is 0 Å². The second-order valence-corrected chi connectivity index (χ2v) is 8.13. The lowest BCUT2D eigenvalue weighted by atomic mass is 10.1. The number of alkyl halides is 1. The molecule has 0 saturated carbocycles. The van der Waals surface area contributed by atoms with Crippen LogP contribution < -0.4 is 10.9 Å². The van der Waals surface area contributed by atoms with Gasteiger partial charge in [-0.1, -0.05) is 29.4 Å². The molecule has 4 rings (SSSR count). The number of hydrogen-bond acceptors (Lipinski definition) is 5. The fraction of sp³-hybridized carbons (Fsp3) is 0.0476. The van der Waals surface area contributed by atoms with E-state index in [0.29, 0.717) is 21.8 Å². The number of amides is 1. The average molecular weight is 475 g/mol. The molecule has 0 aliphatic carbocycles. The molecule has 1 N–H and O–H groups in total. The van der Waals surface area contributed by atoms with Crippen LogP contribution in [0.4, 0.5) is 10.1 Å². The molecular weight excluding hydrogens is 462 g/mol. The van der Waals surface area contributed by atoms with E-state index in [2.05, 4.69) is 15.4 Å². The molecule has 4 aromatic rings. The maximum Gasteiger partial charge on any atom is 0.281 e. The molecule has 0 atom stereocenters. The van der Waals surface area contributed by atoms with Crippen LogP contribution in [0.25, 0.3) is 16.6 Å². The number of halogens is 3. The first kappa shape index (κ1) is 21.3. The minimum atomic E-state index is -0.458. The molecule has 0 aliphatic heterocycles. The van der Waals surface area contributed by atoms with Crippen LogP contribution in [-0.2, 0) is 4.79 Å². The third-order valence-electron chi connectivity index (χ3n) is 4.27. The lowest BCUT2D eigenvalue weighted by molar-refractivity contribution is -0.113. The SMILES string of the molecule is O=C(CCl)Nc1ccc(-c2c(=O)ncn3nc(Sc4ccc(F)cc4)ccc23)c(Cl)c1. The molecule has 0 saturated heterocycles. The Kier molecular flexibility index (Phi) is 6.22. The van der Waals surface area contributed by atoms with Crippen molar-refractivity contribution in [2.45, 2.75) is 9.92 Å². The smallest absolute Gasteiger partial charge is 0.281 e. The third-order valence-corrected chi connectivity index (χ3v) is 5.76. The third kappa shape index (κ3) is 4.71. The molecule has 156 valence electrons. The number of carbonyl (C=O) groups is 1. The summed E-state index contributed by atoms with van der Waals surface area (Å²) in [6.45, 7) is 0. The van der Waals surface area contributed by atoms with Gasteiger partial charge in [-0.25, -0.2) is 8.91 Å². The Morgan fingerprint density at radius 3 is 2.61 bits per heavy atom. The summed E-state index contributed by atoms with van der Waals surface area (Å²) >= 11 is 13.3. The van der Waals surface area contributed by atoms with Gasteiger partial charge in [0.05, 0.1) is 16.1 Å². The molecular formula is C21H13Cl2FN4O2S. The van der Waals surface area contributed by atoms with E-state index in [1.807, 2.05) is 0 Å². The number of rotatable bonds is 5. The summed E-state index contributed by atoms with van der Waals surface area (Å²) in [4.78, 5) is 28.8. The van der Waals surface area contributed by atoms with Crippen molar-refractivity contribution in [3.8, 4) is 11.1 Å². The van der Waals surface area contributed by atoms with Crippen molar-refractivity contribution in [2.75, 3.05) is 11.2 Å². The first-order chi connectivity index (χ1) is 14.9. The maximum atomic E-state index is 13.1. The van der Waals surface area contributed by atoms with Crippen LogP contribution in [0.3, 0.4) is 0 Å². The van der Waals surface area contributed by atoms with Gasteiger partial charge < -0.3 is 5.32 Å². The Morgan fingerprint density at radius 1 is 1.13 bits per heavy atom. The molecule has 0 bridgehead atoms. The molecule has 0 spiro atoms. The molecule has 2 aromatic heterocycles. The first-order valence-corrected chi connectivity index (χ1v) is 10.7. The molecule has 1 amide bonds. The van der Waals surface area contributed by atoms with Gasteiger partial charge in [-0.05, 0) is 48.5 Å². The highest BCUT2D eigenvalue weighted by Crippen LogP contribution is 2.32. The molecule has 0 fully saturated rings. The fourth-order valence-electron chi connectivity index (χ4n) is 2.91. The van der Waals surface area contributed by atoms with E-state index in [9.17, 15) is 14.0 Å². The highest BCUT2D eigenvalue weighted by atomic mass is 35.5. The van der Waals surface area contributed by atoms with Gasteiger partial charge in [-0.3, -0.25) is 9.59 Å². The van der Waals surface area contributed by atoms with E-state index in [1.165, 1.54) is 40.8 Å². The van der Waals surface area contributed by atoms with Crippen LogP contribution in [-0.4, -0.2) is 26.4 Å². The Hall–Kier alpha value is -2.94. The summed E-state index contributed by atoms with van der Waals surface area (Å²) in [5.74, 6) is -0.863. The van der Waals surface area contributed by atoms with E-state index in [0.717, 1.165) is 4.90 Å². The van der Waals surface area contributed by atoms with Crippen LogP contribution >= 0.6 is 35.0 Å². The van der Waals surface area contributed by atoms with Crippen molar-refractivity contribution >= 4 is 52.1 Å². The summed E-state index contributed by atoms with van der Waals surface area (Å²) in [6, 6.07) is 14.4. The minimum absolute atomic E-state index is 0.183.